The van der Waals surface area contributed by atoms with Gasteiger partial charge in [0.2, 0.25) is 0 Å². The molecule has 0 aliphatic carbocycles. The monoisotopic (exact) mass is 249 g/mol. The van der Waals surface area contributed by atoms with Gasteiger partial charge < -0.3 is 10.5 Å². The highest BCUT2D eigenvalue weighted by atomic mass is 35.5. The Labute approximate surface area is 102 Å². The van der Waals surface area contributed by atoms with E-state index in [2.05, 4.69) is 10.3 Å². The summed E-state index contributed by atoms with van der Waals surface area (Å²) in [6.45, 7) is 0. The van der Waals surface area contributed by atoms with Crippen molar-refractivity contribution in [3.05, 3.63) is 58.6 Å². The van der Waals surface area contributed by atoms with Crippen LogP contribution in [0.4, 0.5) is 5.82 Å². The third kappa shape index (κ3) is 2.92. The third-order valence-corrected chi connectivity index (χ3v) is 2.23. The van der Waals surface area contributed by atoms with Crippen molar-refractivity contribution in [2.45, 2.75) is 0 Å². The van der Waals surface area contributed by atoms with Crippen LogP contribution < -0.4 is 10.0 Å². The molecule has 6 heteroatoms. The van der Waals surface area contributed by atoms with Crippen molar-refractivity contribution in [3.63, 3.8) is 0 Å². The SMILES string of the molecule is O=C(Nc1ccc(Cl)cn1)c1ccc[n+]([O-])c1. The van der Waals surface area contributed by atoms with Crippen LogP contribution in [0.15, 0.2) is 42.9 Å². The molecule has 0 aliphatic rings. The molecule has 0 saturated heterocycles. The van der Waals surface area contributed by atoms with E-state index in [0.29, 0.717) is 15.6 Å². The van der Waals surface area contributed by atoms with Crippen LogP contribution >= 0.6 is 11.6 Å². The molecule has 0 radical (unpaired) electrons. The van der Waals surface area contributed by atoms with Crippen molar-refractivity contribution in [2.24, 2.45) is 0 Å². The van der Waals surface area contributed by atoms with E-state index < -0.39 is 5.91 Å². The zero-order valence-electron chi connectivity index (χ0n) is 8.63. The summed E-state index contributed by atoms with van der Waals surface area (Å²) in [6, 6.07) is 6.23. The van der Waals surface area contributed by atoms with Crippen molar-refractivity contribution in [1.82, 2.24) is 4.98 Å². The second-order valence-electron chi connectivity index (χ2n) is 3.27. The average molecular weight is 250 g/mol. The Morgan fingerprint density at radius 1 is 1.41 bits per heavy atom. The Hall–Kier alpha value is -2.14. The predicted molar refractivity (Wildman–Crippen MR) is 62.6 cm³/mol. The number of pyridine rings is 2. The molecule has 2 aromatic heterocycles. The number of carbonyl (C=O) groups excluding carboxylic acids is 1. The Bertz CT molecular complexity index is 543. The molecule has 0 aromatic carbocycles. The van der Waals surface area contributed by atoms with Crippen LogP contribution in [0.5, 0.6) is 0 Å². The normalized spacial score (nSPS) is 9.94. The molecular weight excluding hydrogens is 242 g/mol. The van der Waals surface area contributed by atoms with Crippen molar-refractivity contribution in [3.8, 4) is 0 Å². The Morgan fingerprint density at radius 3 is 2.88 bits per heavy atom. The summed E-state index contributed by atoms with van der Waals surface area (Å²) in [6.07, 6.45) is 3.92. The highest BCUT2D eigenvalue weighted by Gasteiger charge is 2.09. The molecule has 0 saturated carbocycles. The lowest BCUT2D eigenvalue weighted by atomic mass is 10.2. The molecule has 0 fully saturated rings. The lowest BCUT2D eigenvalue weighted by Crippen LogP contribution is -2.27. The van der Waals surface area contributed by atoms with Gasteiger partial charge in [-0.15, -0.1) is 0 Å². The number of amides is 1. The first kappa shape index (κ1) is 11.3. The largest absolute Gasteiger partial charge is 0.619 e. The van der Waals surface area contributed by atoms with Gasteiger partial charge in [-0.05, 0) is 18.2 Å². The first-order chi connectivity index (χ1) is 8.15. The number of halogens is 1. The molecule has 1 amide bonds. The number of hydrogen-bond acceptors (Lipinski definition) is 3. The van der Waals surface area contributed by atoms with Gasteiger partial charge in [-0.1, -0.05) is 11.6 Å². The maximum Gasteiger partial charge on any atom is 0.262 e. The zero-order chi connectivity index (χ0) is 12.3. The van der Waals surface area contributed by atoms with Crippen LogP contribution in [0.25, 0.3) is 0 Å². The van der Waals surface area contributed by atoms with E-state index in [1.54, 1.807) is 18.2 Å². The number of nitrogens with zero attached hydrogens (tertiary/aromatic N) is 2. The van der Waals surface area contributed by atoms with E-state index in [4.69, 9.17) is 11.6 Å². The number of hydrogen-bond donors (Lipinski definition) is 1. The summed E-state index contributed by atoms with van der Waals surface area (Å²) in [7, 11) is 0. The van der Waals surface area contributed by atoms with Gasteiger partial charge >= 0.3 is 0 Å². The maximum atomic E-state index is 11.7. The van der Waals surface area contributed by atoms with E-state index in [0.717, 1.165) is 0 Å². The van der Waals surface area contributed by atoms with Crippen LogP contribution in [-0.2, 0) is 0 Å². The highest BCUT2D eigenvalue weighted by molar-refractivity contribution is 6.30. The van der Waals surface area contributed by atoms with Crippen LogP contribution in [0.2, 0.25) is 5.02 Å². The van der Waals surface area contributed by atoms with Gasteiger partial charge in [0.05, 0.1) is 5.02 Å². The lowest BCUT2D eigenvalue weighted by molar-refractivity contribution is -0.605. The number of rotatable bonds is 2. The van der Waals surface area contributed by atoms with E-state index in [1.807, 2.05) is 0 Å². The molecule has 0 aliphatic heterocycles. The van der Waals surface area contributed by atoms with Crippen LogP contribution in [0.1, 0.15) is 10.4 Å². The molecule has 0 atom stereocenters. The standard InChI is InChI=1S/C11H8ClN3O2/c12-9-3-4-10(13-6-9)14-11(16)8-2-1-5-15(17)7-8/h1-7H,(H,13,14,16). The Morgan fingerprint density at radius 2 is 2.24 bits per heavy atom. The summed E-state index contributed by atoms with van der Waals surface area (Å²) >= 11 is 5.67. The van der Waals surface area contributed by atoms with Gasteiger partial charge in [-0.25, -0.2) is 4.98 Å². The average Bonchev–Trinajstić information content (AvgIpc) is 2.32. The second-order valence-corrected chi connectivity index (χ2v) is 3.70. The van der Waals surface area contributed by atoms with Crippen LogP contribution in [0, 0.1) is 5.21 Å². The van der Waals surface area contributed by atoms with E-state index in [1.165, 1.54) is 24.7 Å². The number of aromatic nitrogens is 2. The molecule has 2 rings (SSSR count). The minimum Gasteiger partial charge on any atom is -0.619 e. The lowest BCUT2D eigenvalue weighted by Gasteiger charge is -2.03. The molecule has 0 spiro atoms. The van der Waals surface area contributed by atoms with E-state index in [-0.39, 0.29) is 5.56 Å². The second kappa shape index (κ2) is 4.80. The van der Waals surface area contributed by atoms with Crippen LogP contribution in [-0.4, -0.2) is 10.9 Å². The number of nitrogens with one attached hydrogen (secondary N) is 1. The molecule has 1 N–H and O–H groups in total. The molecule has 86 valence electrons. The predicted octanol–water partition coefficient (Wildman–Crippen LogP) is 1.62. The Balaban J connectivity index is 2.14. The fraction of sp³-hybridized carbons (Fsp3) is 0. The van der Waals surface area contributed by atoms with Gasteiger partial charge in [0.25, 0.3) is 5.91 Å². The van der Waals surface area contributed by atoms with Gasteiger partial charge in [-0.3, -0.25) is 4.79 Å². The van der Waals surface area contributed by atoms with Crippen molar-refractivity contribution < 1.29 is 9.52 Å². The molecule has 2 aromatic rings. The van der Waals surface area contributed by atoms with E-state index in [9.17, 15) is 10.0 Å². The van der Waals surface area contributed by atoms with Gasteiger partial charge in [0, 0.05) is 12.3 Å². The fourth-order valence-corrected chi connectivity index (χ4v) is 1.34. The quantitative estimate of drug-likeness (QED) is 0.650. The first-order valence-corrected chi connectivity index (χ1v) is 5.15. The van der Waals surface area contributed by atoms with Gasteiger partial charge in [-0.2, -0.15) is 4.73 Å². The minimum absolute atomic E-state index is 0.263. The summed E-state index contributed by atoms with van der Waals surface area (Å²) < 4.78 is 0.560. The number of carbonyl (C=O) groups is 1. The van der Waals surface area contributed by atoms with Crippen molar-refractivity contribution in [1.29, 1.82) is 0 Å². The highest BCUT2D eigenvalue weighted by Crippen LogP contribution is 2.10. The fourth-order valence-electron chi connectivity index (χ4n) is 1.23. The Kier molecular flexibility index (Phi) is 3.20. The molecule has 0 bridgehead atoms. The van der Waals surface area contributed by atoms with E-state index >= 15 is 0 Å². The van der Waals surface area contributed by atoms with Crippen molar-refractivity contribution >= 4 is 23.3 Å². The van der Waals surface area contributed by atoms with Gasteiger partial charge in [0.15, 0.2) is 12.4 Å². The summed E-state index contributed by atoms with van der Waals surface area (Å²) in [5, 5.41) is 14.0. The molecule has 0 unspecified atom stereocenters. The maximum absolute atomic E-state index is 11.7. The summed E-state index contributed by atoms with van der Waals surface area (Å²) in [5.41, 5.74) is 0.263. The topological polar surface area (TPSA) is 68.9 Å². The van der Waals surface area contributed by atoms with Crippen LogP contribution in [0.3, 0.4) is 0 Å². The van der Waals surface area contributed by atoms with Gasteiger partial charge in [0.1, 0.15) is 11.4 Å². The number of anilines is 1. The van der Waals surface area contributed by atoms with Crippen molar-refractivity contribution in [2.75, 3.05) is 5.32 Å². The zero-order valence-corrected chi connectivity index (χ0v) is 9.39. The summed E-state index contributed by atoms with van der Waals surface area (Å²) in [4.78, 5) is 15.6. The molecule has 17 heavy (non-hydrogen) atoms. The molecule has 5 nitrogen and oxygen atoms in total. The third-order valence-electron chi connectivity index (χ3n) is 2.01. The molecular formula is C11H8ClN3O2. The molecule has 2 heterocycles. The first-order valence-electron chi connectivity index (χ1n) is 4.77. The minimum atomic E-state index is -0.398. The summed E-state index contributed by atoms with van der Waals surface area (Å²) in [5.74, 6) is -0.0225. The smallest absolute Gasteiger partial charge is 0.262 e.